The van der Waals surface area contributed by atoms with Gasteiger partial charge in [-0.05, 0) is 30.2 Å². The lowest BCUT2D eigenvalue weighted by atomic mass is 10.1. The minimum atomic E-state index is -0.0513. The first-order chi connectivity index (χ1) is 10.2. The Labute approximate surface area is 130 Å². The summed E-state index contributed by atoms with van der Waals surface area (Å²) < 4.78 is 0. The quantitative estimate of drug-likeness (QED) is 0.833. The Morgan fingerprint density at radius 1 is 1.05 bits per heavy atom. The van der Waals surface area contributed by atoms with Crippen LogP contribution in [0.25, 0.3) is 0 Å². The molecule has 0 heterocycles. The molecule has 0 aliphatic carbocycles. The van der Waals surface area contributed by atoms with Gasteiger partial charge in [-0.1, -0.05) is 48.9 Å². The number of hydrogen-bond acceptors (Lipinski definition) is 2. The molecule has 0 fully saturated rings. The molecule has 0 saturated carbocycles. The molecule has 2 N–H and O–H groups in total. The molecule has 4 heteroatoms. The number of carbonyl (C=O) groups excluding carboxylic acids is 1. The predicted octanol–water partition coefficient (Wildman–Crippen LogP) is 4.34. The number of nitrogens with one attached hydrogen (secondary N) is 2. The van der Waals surface area contributed by atoms with Crippen molar-refractivity contribution >= 4 is 28.9 Å². The maximum absolute atomic E-state index is 11.9. The van der Waals surface area contributed by atoms with Crippen LogP contribution in [-0.2, 0) is 11.2 Å². The van der Waals surface area contributed by atoms with E-state index in [2.05, 4.69) is 23.6 Å². The van der Waals surface area contributed by atoms with Crippen LogP contribution in [0, 0.1) is 0 Å². The molecule has 2 aromatic carbocycles. The topological polar surface area (TPSA) is 41.1 Å². The first-order valence-corrected chi connectivity index (χ1v) is 7.44. The second-order valence-electron chi connectivity index (χ2n) is 4.72. The zero-order valence-corrected chi connectivity index (χ0v) is 12.8. The van der Waals surface area contributed by atoms with Gasteiger partial charge in [0.25, 0.3) is 0 Å². The largest absolute Gasteiger partial charge is 0.384 e. The van der Waals surface area contributed by atoms with Gasteiger partial charge in [-0.2, -0.15) is 0 Å². The summed E-state index contributed by atoms with van der Waals surface area (Å²) >= 11 is 6.01. The van der Waals surface area contributed by atoms with Crippen LogP contribution in [0.5, 0.6) is 0 Å². The summed E-state index contributed by atoms with van der Waals surface area (Å²) in [5.41, 5.74) is 2.99. The van der Waals surface area contributed by atoms with Crippen molar-refractivity contribution < 1.29 is 4.79 Å². The summed E-state index contributed by atoms with van der Waals surface area (Å²) in [5.74, 6) is -0.0513. The Bertz CT molecular complexity index is 613. The van der Waals surface area contributed by atoms with Crippen LogP contribution in [0.4, 0.5) is 11.4 Å². The number of anilines is 2. The molecule has 0 unspecified atom stereocenters. The zero-order valence-electron chi connectivity index (χ0n) is 12.0. The molecule has 1 amide bonds. The molecule has 0 aliphatic heterocycles. The Kier molecular flexibility index (Phi) is 5.64. The average molecular weight is 303 g/mol. The summed E-state index contributed by atoms with van der Waals surface area (Å²) in [7, 11) is 0. The average Bonchev–Trinajstić information content (AvgIpc) is 2.50. The highest BCUT2D eigenvalue weighted by atomic mass is 35.5. The fourth-order valence-corrected chi connectivity index (χ4v) is 2.27. The molecule has 2 aromatic rings. The van der Waals surface area contributed by atoms with E-state index in [4.69, 9.17) is 11.6 Å². The van der Waals surface area contributed by atoms with E-state index in [1.807, 2.05) is 30.3 Å². The number of hydrogen-bond donors (Lipinski definition) is 2. The maximum Gasteiger partial charge on any atom is 0.226 e. The summed E-state index contributed by atoms with van der Waals surface area (Å²) in [6.45, 7) is 2.71. The lowest BCUT2D eigenvalue weighted by Gasteiger charge is -2.11. The SMILES string of the molecule is CCc1ccccc1NCCC(=O)Nc1ccccc1Cl. The Balaban J connectivity index is 1.83. The number of halogens is 1. The normalized spacial score (nSPS) is 10.2. The van der Waals surface area contributed by atoms with E-state index in [1.165, 1.54) is 5.56 Å². The minimum absolute atomic E-state index is 0.0513. The zero-order chi connectivity index (χ0) is 15.1. The van der Waals surface area contributed by atoms with Crippen molar-refractivity contribution in [3.63, 3.8) is 0 Å². The highest BCUT2D eigenvalue weighted by molar-refractivity contribution is 6.33. The van der Waals surface area contributed by atoms with Crippen LogP contribution in [0.3, 0.4) is 0 Å². The van der Waals surface area contributed by atoms with E-state index in [0.29, 0.717) is 23.7 Å². The van der Waals surface area contributed by atoms with Crippen molar-refractivity contribution in [2.45, 2.75) is 19.8 Å². The number of amides is 1. The summed E-state index contributed by atoms with van der Waals surface area (Å²) in [6.07, 6.45) is 1.36. The number of carbonyl (C=O) groups is 1. The molecule has 110 valence electrons. The van der Waals surface area contributed by atoms with Gasteiger partial charge in [-0.3, -0.25) is 4.79 Å². The van der Waals surface area contributed by atoms with Gasteiger partial charge in [0, 0.05) is 18.7 Å². The lowest BCUT2D eigenvalue weighted by molar-refractivity contribution is -0.115. The van der Waals surface area contributed by atoms with Crippen molar-refractivity contribution in [1.29, 1.82) is 0 Å². The molecule has 0 aromatic heterocycles. The van der Waals surface area contributed by atoms with E-state index >= 15 is 0 Å². The van der Waals surface area contributed by atoms with Crippen molar-refractivity contribution in [1.82, 2.24) is 0 Å². The molecule has 21 heavy (non-hydrogen) atoms. The lowest BCUT2D eigenvalue weighted by Crippen LogP contribution is -2.16. The van der Waals surface area contributed by atoms with Gasteiger partial charge < -0.3 is 10.6 Å². The van der Waals surface area contributed by atoms with Crippen LogP contribution in [-0.4, -0.2) is 12.5 Å². The fourth-order valence-electron chi connectivity index (χ4n) is 2.09. The third-order valence-corrected chi connectivity index (χ3v) is 3.54. The van der Waals surface area contributed by atoms with Gasteiger partial charge >= 0.3 is 0 Å². The fraction of sp³-hybridized carbons (Fsp3) is 0.235. The van der Waals surface area contributed by atoms with E-state index in [1.54, 1.807) is 12.1 Å². The summed E-state index contributed by atoms with van der Waals surface area (Å²) in [6, 6.07) is 15.4. The van der Waals surface area contributed by atoms with Gasteiger partial charge in [-0.25, -0.2) is 0 Å². The van der Waals surface area contributed by atoms with Crippen LogP contribution in [0.15, 0.2) is 48.5 Å². The first kappa shape index (κ1) is 15.4. The first-order valence-electron chi connectivity index (χ1n) is 7.07. The molecule has 0 saturated heterocycles. The number of rotatable bonds is 6. The molecular formula is C17H19ClN2O. The van der Waals surface area contributed by atoms with E-state index in [9.17, 15) is 4.79 Å². The van der Waals surface area contributed by atoms with Crippen LogP contribution >= 0.6 is 11.6 Å². The van der Waals surface area contributed by atoms with Gasteiger partial charge in [0.15, 0.2) is 0 Å². The van der Waals surface area contributed by atoms with Crippen molar-refractivity contribution in [3.8, 4) is 0 Å². The highest BCUT2D eigenvalue weighted by Gasteiger charge is 2.05. The standard InChI is InChI=1S/C17H19ClN2O/c1-2-13-7-3-5-9-15(13)19-12-11-17(21)20-16-10-6-4-8-14(16)18/h3-10,19H,2,11-12H2,1H3,(H,20,21). The molecule has 0 spiro atoms. The molecular weight excluding hydrogens is 284 g/mol. The molecule has 0 aliphatic rings. The van der Waals surface area contributed by atoms with Gasteiger partial charge in [0.05, 0.1) is 10.7 Å². The number of para-hydroxylation sites is 2. The van der Waals surface area contributed by atoms with E-state index in [-0.39, 0.29) is 5.91 Å². The van der Waals surface area contributed by atoms with Gasteiger partial charge in [-0.15, -0.1) is 0 Å². The molecule has 3 nitrogen and oxygen atoms in total. The van der Waals surface area contributed by atoms with Crippen molar-refractivity contribution in [2.75, 3.05) is 17.2 Å². The number of benzene rings is 2. The van der Waals surface area contributed by atoms with Crippen LogP contribution < -0.4 is 10.6 Å². The molecule has 0 atom stereocenters. The predicted molar refractivity (Wildman–Crippen MR) is 89.0 cm³/mol. The van der Waals surface area contributed by atoms with Gasteiger partial charge in [0.2, 0.25) is 5.91 Å². The third-order valence-electron chi connectivity index (χ3n) is 3.21. The maximum atomic E-state index is 11.9. The Hall–Kier alpha value is -2.00. The smallest absolute Gasteiger partial charge is 0.226 e. The molecule has 0 radical (unpaired) electrons. The molecule has 0 bridgehead atoms. The second kappa shape index (κ2) is 7.70. The third kappa shape index (κ3) is 4.50. The number of aryl methyl sites for hydroxylation is 1. The van der Waals surface area contributed by atoms with Gasteiger partial charge in [0.1, 0.15) is 0 Å². The highest BCUT2D eigenvalue weighted by Crippen LogP contribution is 2.20. The summed E-state index contributed by atoms with van der Waals surface area (Å²) in [4.78, 5) is 11.9. The van der Waals surface area contributed by atoms with E-state index < -0.39 is 0 Å². The Morgan fingerprint density at radius 3 is 2.43 bits per heavy atom. The van der Waals surface area contributed by atoms with Crippen LogP contribution in [0.2, 0.25) is 5.02 Å². The van der Waals surface area contributed by atoms with Crippen molar-refractivity contribution in [3.05, 3.63) is 59.1 Å². The minimum Gasteiger partial charge on any atom is -0.384 e. The van der Waals surface area contributed by atoms with Crippen molar-refractivity contribution in [2.24, 2.45) is 0 Å². The Morgan fingerprint density at radius 2 is 1.71 bits per heavy atom. The van der Waals surface area contributed by atoms with Crippen LogP contribution in [0.1, 0.15) is 18.9 Å². The second-order valence-corrected chi connectivity index (χ2v) is 5.12. The summed E-state index contributed by atoms with van der Waals surface area (Å²) in [5, 5.41) is 6.67. The molecule has 2 rings (SSSR count). The monoisotopic (exact) mass is 302 g/mol. The van der Waals surface area contributed by atoms with E-state index in [0.717, 1.165) is 12.1 Å².